The van der Waals surface area contributed by atoms with E-state index in [2.05, 4.69) is 22.4 Å². The Morgan fingerprint density at radius 3 is 2.78 bits per heavy atom. The summed E-state index contributed by atoms with van der Waals surface area (Å²) >= 11 is 0. The summed E-state index contributed by atoms with van der Waals surface area (Å²) in [6.07, 6.45) is 1.93. The fourth-order valence-electron chi connectivity index (χ4n) is 4.36. The van der Waals surface area contributed by atoms with Crippen LogP contribution in [0.3, 0.4) is 0 Å². The molecule has 6 heteroatoms. The normalized spacial score (nSPS) is 23.6. The van der Waals surface area contributed by atoms with E-state index in [1.165, 1.54) is 15.8 Å². The zero-order valence-corrected chi connectivity index (χ0v) is 16.0. The smallest absolute Gasteiger partial charge is 0.261 e. The number of hydrogen-bond acceptors (Lipinski definition) is 4. The van der Waals surface area contributed by atoms with Crippen LogP contribution in [0.5, 0.6) is 0 Å². The number of H-pyrrole nitrogens is 1. The summed E-state index contributed by atoms with van der Waals surface area (Å²) in [5.74, 6) is 0.0908. The number of nitrogens with zero attached hydrogens (tertiary/aromatic N) is 1. The van der Waals surface area contributed by atoms with Gasteiger partial charge < -0.3 is 15.0 Å². The summed E-state index contributed by atoms with van der Waals surface area (Å²) in [4.78, 5) is 30.4. The predicted molar refractivity (Wildman–Crippen MR) is 103 cm³/mol. The Balaban J connectivity index is 1.91. The highest BCUT2D eigenvalue weighted by atomic mass is 16.5. The molecule has 2 aromatic rings. The molecule has 2 amide bonds. The lowest BCUT2D eigenvalue weighted by atomic mass is 9.89. The molecule has 2 unspecified atom stereocenters. The van der Waals surface area contributed by atoms with E-state index in [1.54, 1.807) is 14.2 Å². The Hall–Kier alpha value is -2.60. The van der Waals surface area contributed by atoms with Crippen LogP contribution >= 0.6 is 0 Å². The molecule has 0 saturated heterocycles. The Morgan fingerprint density at radius 1 is 1.26 bits per heavy atom. The number of carbonyl (C=O) groups is 2. The summed E-state index contributed by atoms with van der Waals surface area (Å²) in [6.45, 7) is 2.79. The van der Waals surface area contributed by atoms with Gasteiger partial charge in [0.05, 0.1) is 18.7 Å². The van der Waals surface area contributed by atoms with Crippen molar-refractivity contribution in [3.63, 3.8) is 0 Å². The third-order valence-corrected chi connectivity index (χ3v) is 5.83. The minimum Gasteiger partial charge on any atom is -0.500 e. The van der Waals surface area contributed by atoms with E-state index in [-0.39, 0.29) is 30.2 Å². The number of imide groups is 1. The summed E-state index contributed by atoms with van der Waals surface area (Å²) in [5.41, 5.74) is 3.84. The first-order valence-electron chi connectivity index (χ1n) is 9.48. The standard InChI is InChI=1S/C21H25N3O3/c1-4-12-11-16(25)24(2)21(26)17(20(12)27-3)19-18-14(9-10-22-19)13-7-5-6-8-15(13)23-18/h5-8,12,19,22-23H,4,9-11H2,1-3H3. The van der Waals surface area contributed by atoms with Crippen LogP contribution in [0.25, 0.3) is 10.9 Å². The van der Waals surface area contributed by atoms with Crippen molar-refractivity contribution in [2.24, 2.45) is 5.92 Å². The number of para-hydroxylation sites is 1. The first kappa shape index (κ1) is 17.8. The van der Waals surface area contributed by atoms with Crippen LogP contribution < -0.4 is 5.32 Å². The van der Waals surface area contributed by atoms with Crippen LogP contribution in [0.2, 0.25) is 0 Å². The van der Waals surface area contributed by atoms with E-state index >= 15 is 0 Å². The molecule has 0 aliphatic carbocycles. The Bertz CT molecular complexity index is 943. The fourth-order valence-corrected chi connectivity index (χ4v) is 4.36. The van der Waals surface area contributed by atoms with Crippen molar-refractivity contribution in [3.8, 4) is 0 Å². The van der Waals surface area contributed by atoms with Crippen molar-refractivity contribution in [1.82, 2.24) is 15.2 Å². The molecule has 2 N–H and O–H groups in total. The molecule has 142 valence electrons. The van der Waals surface area contributed by atoms with Gasteiger partial charge >= 0.3 is 0 Å². The molecule has 0 saturated carbocycles. The number of allylic oxidation sites excluding steroid dienone is 1. The minimum absolute atomic E-state index is 0.0945. The van der Waals surface area contributed by atoms with Gasteiger partial charge in [-0.2, -0.15) is 0 Å². The Kier molecular flexibility index (Phi) is 4.52. The zero-order valence-electron chi connectivity index (χ0n) is 16.0. The number of methoxy groups -OCH3 is 1. The van der Waals surface area contributed by atoms with Crippen molar-refractivity contribution < 1.29 is 14.3 Å². The number of ether oxygens (including phenoxy) is 1. The SMILES string of the molecule is CCC1CC(=O)N(C)C(=O)C(C2NCCc3c2[nH]c2ccccc32)=C1OC. The summed E-state index contributed by atoms with van der Waals surface area (Å²) in [7, 11) is 3.15. The van der Waals surface area contributed by atoms with Crippen LogP contribution in [0.1, 0.15) is 37.1 Å². The largest absolute Gasteiger partial charge is 0.500 e. The molecule has 1 aromatic heterocycles. The molecule has 0 spiro atoms. The highest BCUT2D eigenvalue weighted by molar-refractivity contribution is 6.06. The van der Waals surface area contributed by atoms with Gasteiger partial charge in [0, 0.05) is 42.5 Å². The van der Waals surface area contributed by atoms with Gasteiger partial charge in [-0.15, -0.1) is 0 Å². The molecule has 6 nitrogen and oxygen atoms in total. The second-order valence-corrected chi connectivity index (χ2v) is 7.25. The number of hydrogen-bond donors (Lipinski definition) is 2. The molecule has 27 heavy (non-hydrogen) atoms. The maximum absolute atomic E-state index is 13.2. The number of amides is 2. The van der Waals surface area contributed by atoms with Crippen LogP contribution in [0.15, 0.2) is 35.6 Å². The molecule has 4 rings (SSSR count). The van der Waals surface area contributed by atoms with E-state index in [0.717, 1.165) is 30.6 Å². The van der Waals surface area contributed by atoms with Gasteiger partial charge in [0.2, 0.25) is 5.91 Å². The molecule has 2 aliphatic rings. The number of fused-ring (bicyclic) bond motifs is 3. The van der Waals surface area contributed by atoms with Crippen LogP contribution in [-0.2, 0) is 20.7 Å². The van der Waals surface area contributed by atoms with Gasteiger partial charge in [0.25, 0.3) is 5.91 Å². The van der Waals surface area contributed by atoms with Crippen LogP contribution in [0, 0.1) is 5.92 Å². The minimum atomic E-state index is -0.314. The van der Waals surface area contributed by atoms with Crippen molar-refractivity contribution >= 4 is 22.7 Å². The number of benzene rings is 1. The van der Waals surface area contributed by atoms with Gasteiger partial charge in [0.1, 0.15) is 5.76 Å². The molecule has 0 fully saturated rings. The number of aromatic amines is 1. The van der Waals surface area contributed by atoms with Crippen molar-refractivity contribution in [2.45, 2.75) is 32.2 Å². The van der Waals surface area contributed by atoms with Gasteiger partial charge in [-0.1, -0.05) is 25.1 Å². The predicted octanol–water partition coefficient (Wildman–Crippen LogP) is 2.67. The van der Waals surface area contributed by atoms with E-state index in [4.69, 9.17) is 4.74 Å². The lowest BCUT2D eigenvalue weighted by molar-refractivity contribution is -0.140. The number of aromatic nitrogens is 1. The maximum atomic E-state index is 13.2. The third kappa shape index (κ3) is 2.75. The summed E-state index contributed by atoms with van der Waals surface area (Å²) < 4.78 is 5.72. The number of carbonyl (C=O) groups excluding carboxylic acids is 2. The van der Waals surface area contributed by atoms with Gasteiger partial charge in [-0.3, -0.25) is 14.5 Å². The second kappa shape index (κ2) is 6.85. The number of likely N-dealkylation sites (N-methyl/N-ethyl adjacent to an activating group) is 1. The average molecular weight is 367 g/mol. The fraction of sp³-hybridized carbons (Fsp3) is 0.429. The lowest BCUT2D eigenvalue weighted by Crippen LogP contribution is -2.39. The van der Waals surface area contributed by atoms with Gasteiger partial charge in [0.15, 0.2) is 0 Å². The van der Waals surface area contributed by atoms with Gasteiger partial charge in [-0.25, -0.2) is 0 Å². The summed E-state index contributed by atoms with van der Waals surface area (Å²) in [5, 5.41) is 4.67. The Morgan fingerprint density at radius 2 is 2.04 bits per heavy atom. The zero-order chi connectivity index (χ0) is 19.1. The first-order chi connectivity index (χ1) is 13.1. The molecule has 0 radical (unpaired) electrons. The highest BCUT2D eigenvalue weighted by Gasteiger charge is 2.40. The number of nitrogens with one attached hydrogen (secondary N) is 2. The molecule has 2 aliphatic heterocycles. The van der Waals surface area contributed by atoms with Crippen molar-refractivity contribution in [3.05, 3.63) is 46.9 Å². The Labute approximate surface area is 158 Å². The highest BCUT2D eigenvalue weighted by Crippen LogP contribution is 2.39. The van der Waals surface area contributed by atoms with E-state index in [1.807, 2.05) is 19.1 Å². The van der Waals surface area contributed by atoms with Crippen LogP contribution in [0.4, 0.5) is 0 Å². The van der Waals surface area contributed by atoms with Gasteiger partial charge in [-0.05, 0) is 24.5 Å². The summed E-state index contributed by atoms with van der Waals surface area (Å²) in [6, 6.07) is 7.88. The number of rotatable bonds is 3. The van der Waals surface area contributed by atoms with E-state index in [0.29, 0.717) is 11.3 Å². The first-order valence-corrected chi connectivity index (χ1v) is 9.48. The molecule has 2 atom stereocenters. The average Bonchev–Trinajstić information content (AvgIpc) is 3.04. The monoisotopic (exact) mass is 367 g/mol. The molecule has 1 aromatic carbocycles. The van der Waals surface area contributed by atoms with E-state index in [9.17, 15) is 9.59 Å². The molecule has 3 heterocycles. The van der Waals surface area contributed by atoms with Crippen LogP contribution in [-0.4, -0.2) is 42.4 Å². The maximum Gasteiger partial charge on any atom is 0.261 e. The molecular formula is C21H25N3O3. The second-order valence-electron chi connectivity index (χ2n) is 7.25. The van der Waals surface area contributed by atoms with Crippen molar-refractivity contribution in [1.29, 1.82) is 0 Å². The molecule has 0 bridgehead atoms. The molecular weight excluding hydrogens is 342 g/mol. The third-order valence-electron chi connectivity index (χ3n) is 5.83. The van der Waals surface area contributed by atoms with Crippen molar-refractivity contribution in [2.75, 3.05) is 20.7 Å². The van der Waals surface area contributed by atoms with E-state index < -0.39 is 0 Å². The quantitative estimate of drug-likeness (QED) is 0.818. The topological polar surface area (TPSA) is 74.4 Å². The lowest BCUT2D eigenvalue weighted by Gasteiger charge is -2.29.